The fourth-order valence-electron chi connectivity index (χ4n) is 3.15. The number of anilines is 1. The van der Waals surface area contributed by atoms with Gasteiger partial charge in [0.05, 0.1) is 5.69 Å². The van der Waals surface area contributed by atoms with Gasteiger partial charge in [-0.25, -0.2) is 4.98 Å². The third kappa shape index (κ3) is 3.00. The van der Waals surface area contributed by atoms with Crippen LogP contribution in [0.4, 0.5) is 5.82 Å². The van der Waals surface area contributed by atoms with E-state index in [4.69, 9.17) is 9.26 Å². The summed E-state index contributed by atoms with van der Waals surface area (Å²) in [4.78, 5) is 11.0. The standard InChI is InChI=1S/C15H22N4O2/c1-11-13-14(16-10-17-15(13)21-18-11)19-7-3-5-12(9-19)6-4-8-20-2/h10,12H,3-9H2,1-2H3. The molecule has 0 amide bonds. The summed E-state index contributed by atoms with van der Waals surface area (Å²) in [5.74, 6) is 1.68. The number of fused-ring (bicyclic) bond motifs is 1. The van der Waals surface area contributed by atoms with E-state index in [-0.39, 0.29) is 0 Å². The minimum atomic E-state index is 0.582. The van der Waals surface area contributed by atoms with Crippen molar-refractivity contribution in [3.05, 3.63) is 12.0 Å². The van der Waals surface area contributed by atoms with Gasteiger partial charge < -0.3 is 14.2 Å². The molecule has 2 aromatic heterocycles. The van der Waals surface area contributed by atoms with E-state index in [1.807, 2.05) is 6.92 Å². The first-order chi connectivity index (χ1) is 10.3. The fourth-order valence-corrected chi connectivity index (χ4v) is 3.15. The van der Waals surface area contributed by atoms with Crippen LogP contribution in [0.2, 0.25) is 0 Å². The minimum absolute atomic E-state index is 0.582. The predicted octanol–water partition coefficient (Wildman–Crippen LogP) is 2.57. The van der Waals surface area contributed by atoms with Crippen LogP contribution in [0.5, 0.6) is 0 Å². The second-order valence-corrected chi connectivity index (χ2v) is 5.73. The molecule has 1 unspecified atom stereocenters. The van der Waals surface area contributed by atoms with Gasteiger partial charge in [0.15, 0.2) is 0 Å². The van der Waals surface area contributed by atoms with Crippen LogP contribution in [0, 0.1) is 12.8 Å². The van der Waals surface area contributed by atoms with E-state index in [0.717, 1.165) is 43.0 Å². The van der Waals surface area contributed by atoms with Gasteiger partial charge in [0.2, 0.25) is 0 Å². The monoisotopic (exact) mass is 290 g/mol. The Morgan fingerprint density at radius 1 is 1.43 bits per heavy atom. The minimum Gasteiger partial charge on any atom is -0.385 e. The van der Waals surface area contributed by atoms with Crippen LogP contribution in [0.15, 0.2) is 10.9 Å². The lowest BCUT2D eigenvalue weighted by Gasteiger charge is -2.33. The Hall–Kier alpha value is -1.69. The Morgan fingerprint density at radius 3 is 3.19 bits per heavy atom. The maximum absolute atomic E-state index is 5.24. The van der Waals surface area contributed by atoms with E-state index < -0.39 is 0 Å². The third-order valence-electron chi connectivity index (χ3n) is 4.20. The van der Waals surface area contributed by atoms with Crippen LogP contribution in [0.3, 0.4) is 0 Å². The van der Waals surface area contributed by atoms with Crippen molar-refractivity contribution >= 4 is 16.9 Å². The smallest absolute Gasteiger partial charge is 0.263 e. The number of aryl methyl sites for hydroxylation is 1. The Balaban J connectivity index is 1.77. The summed E-state index contributed by atoms with van der Waals surface area (Å²) in [5, 5.41) is 4.96. The number of aromatic nitrogens is 3. The molecule has 1 fully saturated rings. The molecule has 0 aromatic carbocycles. The quantitative estimate of drug-likeness (QED) is 0.789. The SMILES string of the molecule is COCCCC1CCCN(c2ncnc3onc(C)c23)C1. The number of piperidine rings is 1. The first-order valence-corrected chi connectivity index (χ1v) is 7.60. The predicted molar refractivity (Wildman–Crippen MR) is 80.4 cm³/mol. The van der Waals surface area contributed by atoms with Crippen LogP contribution in [-0.2, 0) is 4.74 Å². The molecule has 0 N–H and O–H groups in total. The van der Waals surface area contributed by atoms with Gasteiger partial charge in [0, 0.05) is 26.8 Å². The van der Waals surface area contributed by atoms with Crippen molar-refractivity contribution in [2.75, 3.05) is 31.7 Å². The summed E-state index contributed by atoms with van der Waals surface area (Å²) in [6, 6.07) is 0. The van der Waals surface area contributed by atoms with Gasteiger partial charge in [-0.15, -0.1) is 0 Å². The van der Waals surface area contributed by atoms with Crippen LogP contribution in [0.1, 0.15) is 31.4 Å². The first kappa shape index (κ1) is 14.3. The summed E-state index contributed by atoms with van der Waals surface area (Å²) >= 11 is 0. The highest BCUT2D eigenvalue weighted by Crippen LogP contribution is 2.30. The topological polar surface area (TPSA) is 64.3 Å². The van der Waals surface area contributed by atoms with E-state index in [1.165, 1.54) is 19.3 Å². The Bertz CT molecular complexity index is 598. The van der Waals surface area contributed by atoms with E-state index in [2.05, 4.69) is 20.0 Å². The lowest BCUT2D eigenvalue weighted by molar-refractivity contribution is 0.184. The molecule has 114 valence electrons. The Morgan fingerprint density at radius 2 is 2.33 bits per heavy atom. The maximum atomic E-state index is 5.24. The fraction of sp³-hybridized carbons (Fsp3) is 0.667. The largest absolute Gasteiger partial charge is 0.385 e. The van der Waals surface area contributed by atoms with Crippen LogP contribution in [0.25, 0.3) is 11.1 Å². The van der Waals surface area contributed by atoms with Crippen molar-refractivity contribution in [3.63, 3.8) is 0 Å². The number of methoxy groups -OCH3 is 1. The average molecular weight is 290 g/mol. The molecule has 3 heterocycles. The normalized spacial score (nSPS) is 19.3. The van der Waals surface area contributed by atoms with Gasteiger partial charge in [-0.3, -0.25) is 0 Å². The summed E-state index contributed by atoms with van der Waals surface area (Å²) in [6.07, 6.45) is 6.39. The molecular formula is C15H22N4O2. The van der Waals surface area contributed by atoms with Crippen LogP contribution in [-0.4, -0.2) is 41.9 Å². The summed E-state index contributed by atoms with van der Waals surface area (Å²) in [7, 11) is 1.76. The van der Waals surface area contributed by atoms with Crippen molar-refractivity contribution in [2.45, 2.75) is 32.6 Å². The van der Waals surface area contributed by atoms with Crippen molar-refractivity contribution in [3.8, 4) is 0 Å². The molecule has 2 aromatic rings. The van der Waals surface area contributed by atoms with Crippen molar-refractivity contribution in [2.24, 2.45) is 5.92 Å². The molecule has 0 bridgehead atoms. The highest BCUT2D eigenvalue weighted by atomic mass is 16.5. The lowest BCUT2D eigenvalue weighted by atomic mass is 9.93. The molecule has 0 spiro atoms. The summed E-state index contributed by atoms with van der Waals surface area (Å²) in [6.45, 7) is 4.87. The molecule has 6 nitrogen and oxygen atoms in total. The van der Waals surface area contributed by atoms with Gasteiger partial charge in [0.25, 0.3) is 5.71 Å². The lowest BCUT2D eigenvalue weighted by Crippen LogP contribution is -2.36. The van der Waals surface area contributed by atoms with Gasteiger partial charge in [-0.05, 0) is 38.5 Å². The highest BCUT2D eigenvalue weighted by Gasteiger charge is 2.24. The molecule has 1 aliphatic rings. The summed E-state index contributed by atoms with van der Waals surface area (Å²) < 4.78 is 10.4. The Kier molecular flexibility index (Phi) is 4.34. The molecular weight excluding hydrogens is 268 g/mol. The van der Waals surface area contributed by atoms with E-state index in [0.29, 0.717) is 11.6 Å². The molecule has 1 atom stereocenters. The zero-order valence-corrected chi connectivity index (χ0v) is 12.7. The molecule has 21 heavy (non-hydrogen) atoms. The van der Waals surface area contributed by atoms with Gasteiger partial charge in [-0.2, -0.15) is 4.98 Å². The molecule has 3 rings (SSSR count). The van der Waals surface area contributed by atoms with Crippen LogP contribution < -0.4 is 4.90 Å². The molecule has 1 saturated heterocycles. The zero-order chi connectivity index (χ0) is 14.7. The van der Waals surface area contributed by atoms with Gasteiger partial charge in [0.1, 0.15) is 17.5 Å². The third-order valence-corrected chi connectivity index (χ3v) is 4.20. The molecule has 6 heteroatoms. The highest BCUT2D eigenvalue weighted by molar-refractivity contribution is 5.87. The average Bonchev–Trinajstić information content (AvgIpc) is 2.90. The molecule has 0 aliphatic carbocycles. The summed E-state index contributed by atoms with van der Waals surface area (Å²) in [5.41, 5.74) is 1.45. The Labute approximate surface area is 124 Å². The van der Waals surface area contributed by atoms with Gasteiger partial charge >= 0.3 is 0 Å². The number of rotatable bonds is 5. The molecule has 0 radical (unpaired) electrons. The number of hydrogen-bond acceptors (Lipinski definition) is 6. The van der Waals surface area contributed by atoms with Gasteiger partial charge in [-0.1, -0.05) is 5.16 Å². The van der Waals surface area contributed by atoms with Crippen LogP contribution >= 0.6 is 0 Å². The van der Waals surface area contributed by atoms with E-state index in [9.17, 15) is 0 Å². The number of nitrogens with zero attached hydrogens (tertiary/aromatic N) is 4. The first-order valence-electron chi connectivity index (χ1n) is 7.60. The van der Waals surface area contributed by atoms with Crippen molar-refractivity contribution in [1.29, 1.82) is 0 Å². The second-order valence-electron chi connectivity index (χ2n) is 5.73. The van der Waals surface area contributed by atoms with E-state index in [1.54, 1.807) is 13.4 Å². The van der Waals surface area contributed by atoms with Crippen molar-refractivity contribution < 1.29 is 9.26 Å². The maximum Gasteiger partial charge on any atom is 0.263 e. The van der Waals surface area contributed by atoms with Crippen molar-refractivity contribution in [1.82, 2.24) is 15.1 Å². The second kappa shape index (κ2) is 6.39. The zero-order valence-electron chi connectivity index (χ0n) is 12.7. The van der Waals surface area contributed by atoms with E-state index >= 15 is 0 Å². The number of ether oxygens (including phenoxy) is 1. The molecule has 0 saturated carbocycles. The molecule has 1 aliphatic heterocycles. The number of hydrogen-bond donors (Lipinski definition) is 0.